The minimum atomic E-state index is -1.20. The number of hydrogen-bond acceptors (Lipinski definition) is 4. The second kappa shape index (κ2) is 7.02. The van der Waals surface area contributed by atoms with Gasteiger partial charge in [0.15, 0.2) is 0 Å². The summed E-state index contributed by atoms with van der Waals surface area (Å²) in [5.41, 5.74) is 1.13. The highest BCUT2D eigenvalue weighted by molar-refractivity contribution is 7.90. The first kappa shape index (κ1) is 19.8. The Kier molecular flexibility index (Phi) is 5.56. The molecule has 0 saturated heterocycles. The van der Waals surface area contributed by atoms with Crippen molar-refractivity contribution in [3.05, 3.63) is 36.0 Å². The molecule has 1 heterocycles. The topological polar surface area (TPSA) is 66.3 Å². The number of hydrogen-bond donors (Lipinski definition) is 1. The lowest BCUT2D eigenvalue weighted by Crippen LogP contribution is -2.40. The fourth-order valence-corrected chi connectivity index (χ4v) is 3.22. The number of aromatic nitrogens is 1. The standard InChI is InChI=1S/C19H28N2O3S/c1-13(20-25(23)19(5,6)7)15-12-21(17(22)24-18(2,3)4)16-11-9-8-10-14(15)16/h8-13,20H,1-7H3/t13-,25-/m0/s1. The number of nitrogens with zero attached hydrogens (tertiary/aromatic N) is 1. The number of carbonyl (C=O) groups excluding carboxylic acids is 1. The van der Waals surface area contributed by atoms with Gasteiger partial charge in [-0.05, 0) is 60.1 Å². The molecule has 0 bridgehead atoms. The van der Waals surface area contributed by atoms with Crippen molar-refractivity contribution < 1.29 is 14.1 Å². The number of nitrogens with one attached hydrogen (secondary N) is 1. The lowest BCUT2D eigenvalue weighted by molar-refractivity contribution is 0.0544. The van der Waals surface area contributed by atoms with Gasteiger partial charge in [-0.15, -0.1) is 4.72 Å². The van der Waals surface area contributed by atoms with Crippen molar-refractivity contribution >= 4 is 28.4 Å². The fourth-order valence-electron chi connectivity index (χ4n) is 2.41. The molecule has 138 valence electrons. The van der Waals surface area contributed by atoms with Crippen LogP contribution in [-0.4, -0.2) is 25.6 Å². The SMILES string of the molecule is C[C@H](N[S@@+]([O-])C(C)(C)C)c1cn(C(=O)OC(C)(C)C)c2ccccc12. The van der Waals surface area contributed by atoms with Gasteiger partial charge in [0.25, 0.3) is 0 Å². The normalized spacial score (nSPS) is 15.2. The van der Waals surface area contributed by atoms with E-state index >= 15 is 0 Å². The molecular weight excluding hydrogens is 336 g/mol. The Hall–Kier alpha value is -1.50. The Morgan fingerprint density at radius 3 is 2.36 bits per heavy atom. The molecule has 0 aliphatic carbocycles. The average Bonchev–Trinajstić information content (AvgIpc) is 2.84. The van der Waals surface area contributed by atoms with Crippen molar-refractivity contribution in [2.45, 2.75) is 64.9 Å². The summed E-state index contributed by atoms with van der Waals surface area (Å²) >= 11 is -1.20. The third-order valence-electron chi connectivity index (χ3n) is 3.64. The van der Waals surface area contributed by atoms with Crippen LogP contribution in [0.5, 0.6) is 0 Å². The molecule has 0 radical (unpaired) electrons. The van der Waals surface area contributed by atoms with Gasteiger partial charge in [-0.2, -0.15) is 0 Å². The van der Waals surface area contributed by atoms with Crippen LogP contribution in [0.25, 0.3) is 10.9 Å². The molecule has 2 rings (SSSR count). The smallest absolute Gasteiger partial charge is 0.419 e. The third-order valence-corrected chi connectivity index (χ3v) is 5.32. The van der Waals surface area contributed by atoms with Crippen LogP contribution < -0.4 is 4.72 Å². The predicted octanol–water partition coefficient (Wildman–Crippen LogP) is 4.54. The van der Waals surface area contributed by atoms with Crippen LogP contribution in [0.15, 0.2) is 30.5 Å². The van der Waals surface area contributed by atoms with Crippen LogP contribution >= 0.6 is 0 Å². The molecule has 5 nitrogen and oxygen atoms in total. The van der Waals surface area contributed by atoms with E-state index in [0.717, 1.165) is 16.5 Å². The molecule has 0 unspecified atom stereocenters. The van der Waals surface area contributed by atoms with Gasteiger partial charge in [0.05, 0.1) is 11.6 Å². The number of rotatable bonds is 3. The summed E-state index contributed by atoms with van der Waals surface area (Å²) in [7, 11) is 0. The summed E-state index contributed by atoms with van der Waals surface area (Å²) in [5, 5.41) is 0.944. The minimum absolute atomic E-state index is 0.173. The van der Waals surface area contributed by atoms with Crippen LogP contribution in [0.3, 0.4) is 0 Å². The van der Waals surface area contributed by atoms with E-state index in [1.807, 2.05) is 72.7 Å². The molecule has 1 aromatic carbocycles. The second-order valence-corrected chi connectivity index (χ2v) is 10.2. The zero-order valence-electron chi connectivity index (χ0n) is 16.0. The molecule has 0 amide bonds. The lowest BCUT2D eigenvalue weighted by Gasteiger charge is -2.26. The number of fused-ring (bicyclic) bond motifs is 1. The van der Waals surface area contributed by atoms with Crippen LogP contribution in [-0.2, 0) is 16.1 Å². The predicted molar refractivity (Wildman–Crippen MR) is 103 cm³/mol. The van der Waals surface area contributed by atoms with Gasteiger partial charge < -0.3 is 9.29 Å². The molecule has 2 aromatic rings. The van der Waals surface area contributed by atoms with E-state index in [-0.39, 0.29) is 10.8 Å². The van der Waals surface area contributed by atoms with Crippen LogP contribution in [0.1, 0.15) is 60.1 Å². The Morgan fingerprint density at radius 1 is 1.20 bits per heavy atom. The summed E-state index contributed by atoms with van der Waals surface area (Å²) in [6, 6.07) is 7.49. The van der Waals surface area contributed by atoms with E-state index in [2.05, 4.69) is 4.72 Å². The van der Waals surface area contributed by atoms with Gasteiger partial charge in [0.2, 0.25) is 0 Å². The van der Waals surface area contributed by atoms with Crippen LogP contribution in [0.4, 0.5) is 4.79 Å². The zero-order valence-corrected chi connectivity index (χ0v) is 16.9. The van der Waals surface area contributed by atoms with Crippen molar-refractivity contribution in [1.29, 1.82) is 0 Å². The van der Waals surface area contributed by atoms with Crippen molar-refractivity contribution in [2.75, 3.05) is 0 Å². The minimum Gasteiger partial charge on any atom is -0.598 e. The second-order valence-electron chi connectivity index (χ2n) is 8.17. The fraction of sp³-hybridized carbons (Fsp3) is 0.526. The van der Waals surface area contributed by atoms with Crippen molar-refractivity contribution in [3.8, 4) is 0 Å². The van der Waals surface area contributed by atoms with Crippen molar-refractivity contribution in [2.24, 2.45) is 0 Å². The van der Waals surface area contributed by atoms with E-state index in [0.29, 0.717) is 0 Å². The molecule has 2 atom stereocenters. The molecule has 1 N–H and O–H groups in total. The maximum atomic E-state index is 12.6. The van der Waals surface area contributed by atoms with Gasteiger partial charge in [-0.25, -0.2) is 4.79 Å². The van der Waals surface area contributed by atoms with Gasteiger partial charge in [0.1, 0.15) is 10.3 Å². The highest BCUT2D eigenvalue weighted by atomic mass is 32.2. The zero-order chi connectivity index (χ0) is 19.0. The maximum Gasteiger partial charge on any atom is 0.419 e. The summed E-state index contributed by atoms with van der Waals surface area (Å²) in [6.07, 6.45) is 1.36. The number of benzene rings is 1. The van der Waals surface area contributed by atoms with E-state index < -0.39 is 23.1 Å². The Labute approximate surface area is 153 Å². The molecule has 0 aliphatic rings. The third kappa shape index (κ3) is 4.77. The highest BCUT2D eigenvalue weighted by Gasteiger charge is 2.30. The lowest BCUT2D eigenvalue weighted by atomic mass is 10.1. The Bertz CT molecular complexity index is 756. The van der Waals surface area contributed by atoms with Crippen molar-refractivity contribution in [3.63, 3.8) is 0 Å². The van der Waals surface area contributed by atoms with E-state index in [9.17, 15) is 9.35 Å². The Morgan fingerprint density at radius 2 is 1.80 bits per heavy atom. The number of carbonyl (C=O) groups is 1. The number of ether oxygens (including phenoxy) is 1. The first-order valence-electron chi connectivity index (χ1n) is 8.41. The summed E-state index contributed by atoms with van der Waals surface area (Å²) < 4.78 is 22.2. The van der Waals surface area contributed by atoms with E-state index in [1.54, 1.807) is 6.20 Å². The molecule has 25 heavy (non-hydrogen) atoms. The van der Waals surface area contributed by atoms with E-state index in [4.69, 9.17) is 4.74 Å². The van der Waals surface area contributed by atoms with Crippen molar-refractivity contribution in [1.82, 2.24) is 9.29 Å². The highest BCUT2D eigenvalue weighted by Crippen LogP contribution is 2.29. The maximum absolute atomic E-state index is 12.6. The van der Waals surface area contributed by atoms with Gasteiger partial charge in [-0.3, -0.25) is 4.57 Å². The molecular formula is C19H28N2O3S. The molecule has 0 aliphatic heterocycles. The van der Waals surface area contributed by atoms with Gasteiger partial charge in [0, 0.05) is 22.9 Å². The first-order chi connectivity index (χ1) is 11.4. The first-order valence-corrected chi connectivity index (χ1v) is 9.56. The molecule has 0 saturated carbocycles. The molecule has 1 aromatic heterocycles. The summed E-state index contributed by atoms with van der Waals surface area (Å²) in [4.78, 5) is 12.6. The van der Waals surface area contributed by atoms with Gasteiger partial charge >= 0.3 is 6.09 Å². The number of para-hydroxylation sites is 1. The summed E-state index contributed by atoms with van der Waals surface area (Å²) in [5.74, 6) is 0. The molecule has 6 heteroatoms. The summed E-state index contributed by atoms with van der Waals surface area (Å²) in [6.45, 7) is 13.2. The monoisotopic (exact) mass is 364 g/mol. The van der Waals surface area contributed by atoms with E-state index in [1.165, 1.54) is 4.57 Å². The van der Waals surface area contributed by atoms with Gasteiger partial charge in [-0.1, -0.05) is 18.2 Å². The Balaban J connectivity index is 2.40. The quantitative estimate of drug-likeness (QED) is 0.812. The largest absolute Gasteiger partial charge is 0.598 e. The molecule has 0 fully saturated rings. The average molecular weight is 365 g/mol. The molecule has 0 spiro atoms. The van der Waals surface area contributed by atoms with Crippen LogP contribution in [0, 0.1) is 0 Å². The van der Waals surface area contributed by atoms with Crippen LogP contribution in [0.2, 0.25) is 0 Å².